The van der Waals surface area contributed by atoms with Crippen molar-refractivity contribution in [3.05, 3.63) is 24.3 Å². The maximum atomic E-state index is 12.3. The predicted molar refractivity (Wildman–Crippen MR) is 82.0 cm³/mol. The summed E-state index contributed by atoms with van der Waals surface area (Å²) in [7, 11) is 0. The fourth-order valence-corrected chi connectivity index (χ4v) is 2.63. The maximum absolute atomic E-state index is 12.3. The average Bonchev–Trinajstić information content (AvgIpc) is 2.36. The molecule has 0 spiro atoms. The predicted octanol–water partition coefficient (Wildman–Crippen LogP) is 2.24. The third-order valence-electron chi connectivity index (χ3n) is 3.56. The van der Waals surface area contributed by atoms with Crippen molar-refractivity contribution in [1.29, 1.82) is 0 Å². The minimum atomic E-state index is -0.510. The Morgan fingerprint density at radius 2 is 2.14 bits per heavy atom. The molecule has 1 saturated heterocycles. The normalized spacial score (nSPS) is 23.0. The summed E-state index contributed by atoms with van der Waals surface area (Å²) in [6.45, 7) is 6.33. The monoisotopic (exact) mass is 292 g/mol. The lowest BCUT2D eigenvalue weighted by molar-refractivity contribution is -0.161. The van der Waals surface area contributed by atoms with E-state index in [0.29, 0.717) is 0 Å². The Hall–Kier alpha value is -1.75. The number of piperidine rings is 1. The summed E-state index contributed by atoms with van der Waals surface area (Å²) in [6, 6.07) is 6.94. The molecule has 1 heterocycles. The average molecular weight is 292 g/mol. The third kappa shape index (κ3) is 3.88. The molecule has 21 heavy (non-hydrogen) atoms. The molecule has 5 nitrogen and oxygen atoms in total. The van der Waals surface area contributed by atoms with Gasteiger partial charge in [-0.25, -0.2) is 0 Å². The fourth-order valence-electron chi connectivity index (χ4n) is 2.63. The molecule has 1 fully saturated rings. The lowest BCUT2D eigenvalue weighted by Gasteiger charge is -2.40. The highest BCUT2D eigenvalue weighted by atomic mass is 16.6. The maximum Gasteiger partial charge on any atom is 0.312 e. The quantitative estimate of drug-likeness (QED) is 0.818. The van der Waals surface area contributed by atoms with E-state index in [1.165, 1.54) is 0 Å². The number of rotatable bonds is 2. The van der Waals surface area contributed by atoms with Crippen LogP contribution in [0.2, 0.25) is 0 Å². The number of phenolic OH excluding ortho intramolecular Hbond substituents is 1. The Bertz CT molecular complexity index is 510. The van der Waals surface area contributed by atoms with Gasteiger partial charge in [0.05, 0.1) is 12.1 Å². The van der Waals surface area contributed by atoms with Gasteiger partial charge in [0.1, 0.15) is 11.4 Å². The van der Waals surface area contributed by atoms with E-state index in [2.05, 4.69) is 0 Å². The summed E-state index contributed by atoms with van der Waals surface area (Å²) in [5.74, 6) is -0.403. The number of hydrogen-bond donors (Lipinski definition) is 2. The third-order valence-corrected chi connectivity index (χ3v) is 3.56. The van der Waals surface area contributed by atoms with Gasteiger partial charge in [-0.1, -0.05) is 6.07 Å². The zero-order valence-electron chi connectivity index (χ0n) is 12.9. The first kappa shape index (κ1) is 15.6. The van der Waals surface area contributed by atoms with Crippen LogP contribution < -0.4 is 10.6 Å². The van der Waals surface area contributed by atoms with Crippen molar-refractivity contribution >= 4 is 11.7 Å². The Balaban J connectivity index is 2.14. The van der Waals surface area contributed by atoms with Crippen LogP contribution in [0.3, 0.4) is 0 Å². The van der Waals surface area contributed by atoms with E-state index in [9.17, 15) is 9.90 Å². The van der Waals surface area contributed by atoms with Gasteiger partial charge in [0.15, 0.2) is 0 Å². The van der Waals surface area contributed by atoms with Gasteiger partial charge in [0, 0.05) is 18.3 Å². The molecule has 5 heteroatoms. The first-order chi connectivity index (χ1) is 9.78. The molecule has 0 amide bonds. The molecular weight excluding hydrogens is 268 g/mol. The van der Waals surface area contributed by atoms with Crippen LogP contribution in [-0.2, 0) is 9.53 Å². The smallest absolute Gasteiger partial charge is 0.312 e. The van der Waals surface area contributed by atoms with Crippen LogP contribution in [0.5, 0.6) is 5.75 Å². The fraction of sp³-hybridized carbons (Fsp3) is 0.562. The van der Waals surface area contributed by atoms with Crippen LogP contribution in [0.25, 0.3) is 0 Å². The summed E-state index contributed by atoms with van der Waals surface area (Å²) >= 11 is 0. The summed E-state index contributed by atoms with van der Waals surface area (Å²) in [5.41, 5.74) is 6.59. The molecule has 1 aromatic rings. The van der Waals surface area contributed by atoms with E-state index in [1.54, 1.807) is 18.2 Å². The molecule has 3 N–H and O–H groups in total. The number of carbonyl (C=O) groups is 1. The second kappa shape index (κ2) is 5.93. The van der Waals surface area contributed by atoms with Crippen molar-refractivity contribution in [3.63, 3.8) is 0 Å². The van der Waals surface area contributed by atoms with Crippen molar-refractivity contribution in [1.82, 2.24) is 0 Å². The molecule has 0 aromatic heterocycles. The lowest BCUT2D eigenvalue weighted by Crippen LogP contribution is -2.54. The number of benzene rings is 1. The molecule has 0 bridgehead atoms. The summed E-state index contributed by atoms with van der Waals surface area (Å²) in [4.78, 5) is 14.2. The van der Waals surface area contributed by atoms with Gasteiger partial charge >= 0.3 is 5.97 Å². The van der Waals surface area contributed by atoms with Crippen LogP contribution in [0.4, 0.5) is 5.69 Å². The molecular formula is C16H24N2O3. The van der Waals surface area contributed by atoms with Crippen LogP contribution in [0.15, 0.2) is 24.3 Å². The number of anilines is 1. The van der Waals surface area contributed by atoms with Gasteiger partial charge in [-0.2, -0.15) is 0 Å². The molecule has 0 radical (unpaired) electrons. The second-order valence-corrected chi connectivity index (χ2v) is 6.49. The van der Waals surface area contributed by atoms with Gasteiger partial charge in [-0.15, -0.1) is 0 Å². The lowest BCUT2D eigenvalue weighted by atomic mass is 9.93. The Kier molecular flexibility index (Phi) is 4.42. The van der Waals surface area contributed by atoms with E-state index in [-0.39, 0.29) is 17.6 Å². The molecule has 0 aliphatic carbocycles. The number of aromatic hydroxyl groups is 1. The zero-order chi connectivity index (χ0) is 15.6. The van der Waals surface area contributed by atoms with Gasteiger partial charge in [0.2, 0.25) is 0 Å². The molecule has 0 saturated carbocycles. The van der Waals surface area contributed by atoms with Gasteiger partial charge < -0.3 is 20.5 Å². The van der Waals surface area contributed by atoms with E-state index in [4.69, 9.17) is 10.5 Å². The number of phenols is 1. The largest absolute Gasteiger partial charge is 0.508 e. The Morgan fingerprint density at radius 3 is 2.76 bits per heavy atom. The van der Waals surface area contributed by atoms with Crippen LogP contribution >= 0.6 is 0 Å². The number of nitrogens with zero attached hydrogens (tertiary/aromatic N) is 1. The van der Waals surface area contributed by atoms with E-state index < -0.39 is 11.8 Å². The minimum Gasteiger partial charge on any atom is -0.508 e. The van der Waals surface area contributed by atoms with Crippen molar-refractivity contribution in [3.8, 4) is 5.75 Å². The molecule has 2 rings (SSSR count). The Morgan fingerprint density at radius 1 is 1.43 bits per heavy atom. The first-order valence-electron chi connectivity index (χ1n) is 7.32. The SMILES string of the molecule is CC(C)(C)OC(=O)C1CCCN(c2cccc(O)c2)C1N. The van der Waals surface area contributed by atoms with E-state index in [0.717, 1.165) is 25.1 Å². The standard InChI is InChI=1S/C16H24N2O3/c1-16(2,3)21-15(20)13-8-5-9-18(14(13)17)11-6-4-7-12(19)10-11/h4,6-7,10,13-14,19H,5,8-9,17H2,1-3H3. The highest BCUT2D eigenvalue weighted by Gasteiger charge is 2.36. The highest BCUT2D eigenvalue weighted by molar-refractivity contribution is 5.75. The van der Waals surface area contributed by atoms with E-state index in [1.807, 2.05) is 31.7 Å². The number of hydrogen-bond acceptors (Lipinski definition) is 5. The van der Waals surface area contributed by atoms with Crippen molar-refractivity contribution in [2.24, 2.45) is 11.7 Å². The van der Waals surface area contributed by atoms with Crippen LogP contribution in [0, 0.1) is 5.92 Å². The Labute approximate surface area is 125 Å². The second-order valence-electron chi connectivity index (χ2n) is 6.49. The highest BCUT2D eigenvalue weighted by Crippen LogP contribution is 2.29. The molecule has 2 unspecified atom stereocenters. The summed E-state index contributed by atoms with van der Waals surface area (Å²) in [5, 5.41) is 9.60. The van der Waals surface area contributed by atoms with Crippen LogP contribution in [-0.4, -0.2) is 29.4 Å². The van der Waals surface area contributed by atoms with Gasteiger partial charge in [-0.05, 0) is 45.7 Å². The summed E-state index contributed by atoms with van der Waals surface area (Å²) < 4.78 is 5.46. The van der Waals surface area contributed by atoms with Crippen molar-refractivity contribution < 1.29 is 14.6 Å². The van der Waals surface area contributed by atoms with Crippen molar-refractivity contribution in [2.75, 3.05) is 11.4 Å². The molecule has 1 aliphatic heterocycles. The van der Waals surface area contributed by atoms with Crippen molar-refractivity contribution in [2.45, 2.75) is 45.4 Å². The molecule has 1 aromatic carbocycles. The molecule has 1 aliphatic rings. The number of nitrogens with two attached hydrogens (primary N) is 1. The molecule has 116 valence electrons. The number of carbonyl (C=O) groups excluding carboxylic acids is 1. The zero-order valence-corrected chi connectivity index (χ0v) is 12.9. The first-order valence-corrected chi connectivity index (χ1v) is 7.32. The van der Waals surface area contributed by atoms with Gasteiger partial charge in [0.25, 0.3) is 0 Å². The minimum absolute atomic E-state index is 0.194. The topological polar surface area (TPSA) is 75.8 Å². The van der Waals surface area contributed by atoms with Gasteiger partial charge in [-0.3, -0.25) is 4.79 Å². The summed E-state index contributed by atoms with van der Waals surface area (Å²) in [6.07, 6.45) is 1.16. The number of esters is 1. The van der Waals surface area contributed by atoms with E-state index >= 15 is 0 Å². The number of ether oxygens (including phenoxy) is 1. The van der Waals surface area contributed by atoms with Crippen LogP contribution in [0.1, 0.15) is 33.6 Å². The molecule has 2 atom stereocenters.